The van der Waals surface area contributed by atoms with Gasteiger partial charge in [0, 0.05) is 23.7 Å². The summed E-state index contributed by atoms with van der Waals surface area (Å²) in [5.41, 5.74) is 3.01. The molecular formula is C30H34ClF2N3O2. The van der Waals surface area contributed by atoms with Crippen molar-refractivity contribution >= 4 is 17.5 Å². The number of aryl methyl sites for hydroxylation is 1. The second-order valence-corrected chi connectivity index (χ2v) is 10.5. The van der Waals surface area contributed by atoms with Crippen LogP contribution in [0, 0.1) is 18.6 Å². The summed E-state index contributed by atoms with van der Waals surface area (Å²) < 4.78 is 34.2. The van der Waals surface area contributed by atoms with Crippen LogP contribution in [-0.4, -0.2) is 49.1 Å². The molecule has 1 amide bonds. The fraction of sp³-hybridized carbons (Fsp3) is 0.400. The highest BCUT2D eigenvalue weighted by Gasteiger charge is 2.21. The monoisotopic (exact) mass is 541 g/mol. The number of rotatable bonds is 9. The highest BCUT2D eigenvalue weighted by molar-refractivity contribution is 6.32. The van der Waals surface area contributed by atoms with E-state index in [0.717, 1.165) is 38.6 Å². The number of nitrogens with one attached hydrogen (secondary N) is 1. The zero-order valence-corrected chi connectivity index (χ0v) is 22.9. The quantitative estimate of drug-likeness (QED) is 0.295. The van der Waals surface area contributed by atoms with Gasteiger partial charge in [0.2, 0.25) is 0 Å². The minimum Gasteiger partial charge on any atom is -0.492 e. The Bertz CT molecular complexity index is 1290. The molecular weight excluding hydrogens is 508 g/mol. The Balaban J connectivity index is 1.73. The van der Waals surface area contributed by atoms with Gasteiger partial charge in [-0.1, -0.05) is 36.9 Å². The zero-order chi connectivity index (χ0) is 27.2. The summed E-state index contributed by atoms with van der Waals surface area (Å²) in [7, 11) is 4.00. The van der Waals surface area contributed by atoms with E-state index in [-0.39, 0.29) is 17.6 Å². The number of carbonyl (C=O) groups is 1. The van der Waals surface area contributed by atoms with Gasteiger partial charge in [0.15, 0.2) is 11.6 Å². The fourth-order valence-corrected chi connectivity index (χ4v) is 4.96. The van der Waals surface area contributed by atoms with Crippen molar-refractivity contribution in [1.29, 1.82) is 0 Å². The molecule has 1 N–H and O–H groups in total. The van der Waals surface area contributed by atoms with Gasteiger partial charge < -0.3 is 15.0 Å². The van der Waals surface area contributed by atoms with Crippen molar-refractivity contribution in [1.82, 2.24) is 15.2 Å². The van der Waals surface area contributed by atoms with E-state index in [1.54, 1.807) is 37.3 Å². The molecule has 0 unspecified atom stereocenters. The number of amides is 1. The minimum absolute atomic E-state index is 0.132. The van der Waals surface area contributed by atoms with Gasteiger partial charge in [-0.05, 0) is 87.8 Å². The van der Waals surface area contributed by atoms with E-state index in [1.165, 1.54) is 18.6 Å². The molecule has 3 aromatic rings. The van der Waals surface area contributed by atoms with Crippen LogP contribution in [0.1, 0.15) is 54.6 Å². The summed E-state index contributed by atoms with van der Waals surface area (Å²) in [5, 5.41) is 3.56. The molecule has 1 aromatic heterocycles. The molecule has 2 aromatic carbocycles. The van der Waals surface area contributed by atoms with Gasteiger partial charge in [-0.2, -0.15) is 0 Å². The van der Waals surface area contributed by atoms with Crippen molar-refractivity contribution in [3.63, 3.8) is 0 Å². The average Bonchev–Trinajstić information content (AvgIpc) is 2.90. The van der Waals surface area contributed by atoms with Crippen LogP contribution in [0.15, 0.2) is 42.5 Å². The average molecular weight is 542 g/mol. The second kappa shape index (κ2) is 12.7. The largest absolute Gasteiger partial charge is 0.492 e. The fourth-order valence-electron chi connectivity index (χ4n) is 4.79. The summed E-state index contributed by atoms with van der Waals surface area (Å²) >= 11 is 6.42. The Morgan fingerprint density at radius 1 is 1.05 bits per heavy atom. The van der Waals surface area contributed by atoms with Crippen LogP contribution in [0.4, 0.5) is 8.78 Å². The Morgan fingerprint density at radius 2 is 1.79 bits per heavy atom. The molecule has 0 aliphatic heterocycles. The molecule has 1 fully saturated rings. The van der Waals surface area contributed by atoms with E-state index in [2.05, 4.69) is 10.2 Å². The molecule has 1 aliphatic rings. The van der Waals surface area contributed by atoms with Gasteiger partial charge in [-0.3, -0.25) is 4.79 Å². The minimum atomic E-state index is -0.948. The first kappa shape index (κ1) is 28.0. The van der Waals surface area contributed by atoms with Crippen molar-refractivity contribution in [2.45, 2.75) is 51.5 Å². The molecule has 1 aliphatic carbocycles. The van der Waals surface area contributed by atoms with Gasteiger partial charge in [-0.15, -0.1) is 0 Å². The van der Waals surface area contributed by atoms with Gasteiger partial charge in [-0.25, -0.2) is 13.8 Å². The lowest BCUT2D eigenvalue weighted by Crippen LogP contribution is -2.36. The molecule has 4 rings (SSSR count). The third kappa shape index (κ3) is 6.88. The Hall–Kier alpha value is -3.03. The Kier molecular flexibility index (Phi) is 9.34. The molecule has 0 spiro atoms. The van der Waals surface area contributed by atoms with Crippen molar-refractivity contribution in [2.24, 2.45) is 0 Å². The van der Waals surface area contributed by atoms with E-state index < -0.39 is 11.6 Å². The van der Waals surface area contributed by atoms with Gasteiger partial charge >= 0.3 is 0 Å². The highest BCUT2D eigenvalue weighted by Crippen LogP contribution is 2.37. The Labute approximate surface area is 228 Å². The van der Waals surface area contributed by atoms with E-state index in [0.29, 0.717) is 45.3 Å². The molecule has 8 heteroatoms. The van der Waals surface area contributed by atoms with E-state index in [9.17, 15) is 13.6 Å². The first-order valence-electron chi connectivity index (χ1n) is 13.1. The number of halogens is 3. The predicted octanol–water partition coefficient (Wildman–Crippen LogP) is 7.05. The van der Waals surface area contributed by atoms with E-state index in [1.807, 2.05) is 14.1 Å². The third-order valence-corrected chi connectivity index (χ3v) is 7.15. The summed E-state index contributed by atoms with van der Waals surface area (Å²) in [6.07, 6.45) is 6.11. The number of benzene rings is 2. The van der Waals surface area contributed by atoms with Gasteiger partial charge in [0.1, 0.15) is 11.4 Å². The van der Waals surface area contributed by atoms with Crippen LogP contribution in [0.5, 0.6) is 5.75 Å². The number of nitrogens with zero attached hydrogens (tertiary/aromatic N) is 2. The first-order chi connectivity index (χ1) is 18.2. The standard InChI is InChI=1S/C30H34ClF2N3O2/c1-19-16-25(32)26(33)18-23(19)22-11-13-27(30(37)34-21-8-5-4-6-9-21)35-29(22)20-10-12-24(31)28(17-20)38-15-7-14-36(2)3/h10-13,16-18,21H,4-9,14-15H2,1-3H3,(H,34,37). The molecule has 1 saturated carbocycles. The van der Waals surface area contributed by atoms with Gasteiger partial charge in [0.05, 0.1) is 17.3 Å². The summed E-state index contributed by atoms with van der Waals surface area (Å²) in [5.74, 6) is -1.61. The lowest BCUT2D eigenvalue weighted by molar-refractivity contribution is 0.0923. The molecule has 0 radical (unpaired) electrons. The number of hydrogen-bond acceptors (Lipinski definition) is 4. The molecule has 0 bridgehead atoms. The molecule has 0 atom stereocenters. The number of hydrogen-bond donors (Lipinski definition) is 1. The van der Waals surface area contributed by atoms with Crippen LogP contribution < -0.4 is 10.1 Å². The second-order valence-electron chi connectivity index (χ2n) is 10.1. The molecule has 5 nitrogen and oxygen atoms in total. The molecule has 0 saturated heterocycles. The van der Waals surface area contributed by atoms with E-state index in [4.69, 9.17) is 21.3 Å². The summed E-state index contributed by atoms with van der Waals surface area (Å²) in [6.45, 7) is 3.07. The van der Waals surface area contributed by atoms with Crippen molar-refractivity contribution in [3.05, 3.63) is 70.4 Å². The van der Waals surface area contributed by atoms with Crippen LogP contribution in [-0.2, 0) is 0 Å². The highest BCUT2D eigenvalue weighted by atomic mass is 35.5. The van der Waals surface area contributed by atoms with Crippen LogP contribution in [0.25, 0.3) is 22.4 Å². The van der Waals surface area contributed by atoms with Crippen molar-refractivity contribution < 1.29 is 18.3 Å². The maximum atomic E-state index is 14.3. The number of pyridine rings is 1. The van der Waals surface area contributed by atoms with E-state index >= 15 is 0 Å². The van der Waals surface area contributed by atoms with Crippen LogP contribution in [0.3, 0.4) is 0 Å². The SMILES string of the molecule is Cc1cc(F)c(F)cc1-c1ccc(C(=O)NC2CCCCC2)nc1-c1ccc(Cl)c(OCCCN(C)C)c1. The zero-order valence-electron chi connectivity index (χ0n) is 22.1. The Morgan fingerprint density at radius 3 is 2.53 bits per heavy atom. The van der Waals surface area contributed by atoms with Crippen molar-refractivity contribution in [2.75, 3.05) is 27.2 Å². The normalized spacial score (nSPS) is 14.1. The lowest BCUT2D eigenvalue weighted by Gasteiger charge is -2.23. The maximum absolute atomic E-state index is 14.3. The third-order valence-electron chi connectivity index (χ3n) is 6.84. The number of aromatic nitrogens is 1. The van der Waals surface area contributed by atoms with Crippen LogP contribution in [0.2, 0.25) is 5.02 Å². The summed E-state index contributed by atoms with van der Waals surface area (Å²) in [4.78, 5) is 19.9. The predicted molar refractivity (Wildman–Crippen MR) is 148 cm³/mol. The first-order valence-corrected chi connectivity index (χ1v) is 13.5. The smallest absolute Gasteiger partial charge is 0.270 e. The van der Waals surface area contributed by atoms with Crippen LogP contribution >= 0.6 is 11.6 Å². The summed E-state index contributed by atoms with van der Waals surface area (Å²) in [6, 6.07) is 11.1. The number of carbonyl (C=O) groups excluding carboxylic acids is 1. The van der Waals surface area contributed by atoms with Crippen molar-refractivity contribution in [3.8, 4) is 28.1 Å². The molecule has 1 heterocycles. The molecule has 38 heavy (non-hydrogen) atoms. The lowest BCUT2D eigenvalue weighted by atomic mass is 9.94. The van der Waals surface area contributed by atoms with Gasteiger partial charge in [0.25, 0.3) is 5.91 Å². The molecule has 202 valence electrons. The number of ether oxygens (including phenoxy) is 1. The topological polar surface area (TPSA) is 54.5 Å². The maximum Gasteiger partial charge on any atom is 0.270 e.